The molecule has 23 heavy (non-hydrogen) atoms. The van der Waals surface area contributed by atoms with E-state index in [-0.39, 0.29) is 0 Å². The van der Waals surface area contributed by atoms with E-state index in [0.717, 1.165) is 14.8 Å². The summed E-state index contributed by atoms with van der Waals surface area (Å²) in [5.41, 5.74) is 4.56. The topological polar surface area (TPSA) is 54.9 Å². The molecule has 0 radical (unpaired) electrons. The molecule has 7 heteroatoms. The molecule has 0 fully saturated rings. The first-order chi connectivity index (χ1) is 11.1. The molecule has 0 atom stereocenters. The van der Waals surface area contributed by atoms with Crippen LogP contribution in [-0.2, 0) is 0 Å². The number of thiocarbonyl (C=S) groups is 1. The molecule has 0 unspecified atom stereocenters. The van der Waals surface area contributed by atoms with E-state index in [0.29, 0.717) is 16.6 Å². The number of nitrogens with zero attached hydrogens (tertiary/aromatic N) is 1. The van der Waals surface area contributed by atoms with Crippen LogP contribution in [0.3, 0.4) is 0 Å². The van der Waals surface area contributed by atoms with Gasteiger partial charge in [-0.25, -0.2) is 0 Å². The molecule has 0 aliphatic carbocycles. The molecular formula is C16H16IN3O2S. The second-order valence-electron chi connectivity index (χ2n) is 4.43. The van der Waals surface area contributed by atoms with Crippen LogP contribution in [0, 0.1) is 3.57 Å². The monoisotopic (exact) mass is 441 g/mol. The number of ether oxygens (including phenoxy) is 2. The predicted molar refractivity (Wildman–Crippen MR) is 106 cm³/mol. The van der Waals surface area contributed by atoms with Crippen LogP contribution in [0.1, 0.15) is 5.56 Å². The molecule has 2 aromatic carbocycles. The van der Waals surface area contributed by atoms with E-state index in [1.54, 1.807) is 20.4 Å². The highest BCUT2D eigenvalue weighted by Crippen LogP contribution is 2.32. The van der Waals surface area contributed by atoms with Gasteiger partial charge >= 0.3 is 0 Å². The minimum atomic E-state index is 0.419. The number of para-hydroxylation sites is 1. The molecule has 0 heterocycles. The van der Waals surface area contributed by atoms with Crippen molar-refractivity contribution in [1.82, 2.24) is 5.43 Å². The third-order valence-corrected chi connectivity index (χ3v) is 3.86. The molecule has 0 aliphatic heterocycles. The van der Waals surface area contributed by atoms with E-state index in [1.165, 1.54) is 0 Å². The van der Waals surface area contributed by atoms with Gasteiger partial charge in [0.25, 0.3) is 0 Å². The highest BCUT2D eigenvalue weighted by atomic mass is 127. The average molecular weight is 441 g/mol. The molecular weight excluding hydrogens is 425 g/mol. The Morgan fingerprint density at radius 1 is 1.17 bits per heavy atom. The van der Waals surface area contributed by atoms with E-state index < -0.39 is 0 Å². The Bertz CT molecular complexity index is 708. The van der Waals surface area contributed by atoms with Crippen LogP contribution in [0.25, 0.3) is 0 Å². The lowest BCUT2D eigenvalue weighted by Crippen LogP contribution is -2.23. The zero-order valence-corrected chi connectivity index (χ0v) is 15.6. The van der Waals surface area contributed by atoms with Gasteiger partial charge in [-0.2, -0.15) is 5.10 Å². The maximum Gasteiger partial charge on any atom is 0.191 e. The first-order valence-electron chi connectivity index (χ1n) is 6.70. The Morgan fingerprint density at radius 2 is 1.91 bits per heavy atom. The van der Waals surface area contributed by atoms with E-state index in [2.05, 4.69) is 38.4 Å². The van der Waals surface area contributed by atoms with Crippen molar-refractivity contribution in [3.05, 3.63) is 51.6 Å². The maximum absolute atomic E-state index is 5.31. The number of hydrazone groups is 1. The molecule has 2 rings (SSSR count). The zero-order chi connectivity index (χ0) is 16.7. The minimum absolute atomic E-state index is 0.419. The number of anilines is 1. The van der Waals surface area contributed by atoms with Crippen molar-refractivity contribution < 1.29 is 9.47 Å². The van der Waals surface area contributed by atoms with Crippen molar-refractivity contribution in [2.75, 3.05) is 19.5 Å². The smallest absolute Gasteiger partial charge is 0.191 e. The molecule has 2 aromatic rings. The summed E-state index contributed by atoms with van der Waals surface area (Å²) >= 11 is 7.37. The maximum atomic E-state index is 5.31. The van der Waals surface area contributed by atoms with Gasteiger partial charge in [-0.05, 0) is 64.6 Å². The summed E-state index contributed by atoms with van der Waals surface area (Å²) in [5, 5.41) is 7.59. The SMILES string of the molecule is COc1cc(/C=N\NC(=S)Nc2ccccc2)cc(I)c1OC. The first-order valence-corrected chi connectivity index (χ1v) is 8.19. The van der Waals surface area contributed by atoms with E-state index in [4.69, 9.17) is 21.7 Å². The molecule has 0 amide bonds. The third kappa shape index (κ3) is 5.07. The number of methoxy groups -OCH3 is 2. The van der Waals surface area contributed by atoms with Gasteiger partial charge < -0.3 is 14.8 Å². The standard InChI is InChI=1S/C16H16IN3O2S/c1-21-14-9-11(8-13(17)15(14)22-2)10-18-20-16(23)19-12-6-4-3-5-7-12/h3-10H,1-2H3,(H2,19,20,23)/b18-10-. The van der Waals surface area contributed by atoms with Gasteiger partial charge in [0.1, 0.15) is 0 Å². The Labute approximate surface area is 154 Å². The summed E-state index contributed by atoms with van der Waals surface area (Å²) in [6.45, 7) is 0. The normalized spacial score (nSPS) is 10.4. The van der Waals surface area contributed by atoms with Crippen LogP contribution in [0.4, 0.5) is 5.69 Å². The van der Waals surface area contributed by atoms with Crippen LogP contribution >= 0.6 is 34.8 Å². The second-order valence-corrected chi connectivity index (χ2v) is 6.00. The molecule has 0 saturated carbocycles. The van der Waals surface area contributed by atoms with Crippen molar-refractivity contribution in [2.45, 2.75) is 0 Å². The average Bonchev–Trinajstić information content (AvgIpc) is 2.55. The van der Waals surface area contributed by atoms with Crippen LogP contribution < -0.4 is 20.2 Å². The Balaban J connectivity index is 2.00. The van der Waals surface area contributed by atoms with Crippen molar-refractivity contribution in [3.63, 3.8) is 0 Å². The highest BCUT2D eigenvalue weighted by molar-refractivity contribution is 14.1. The summed E-state index contributed by atoms with van der Waals surface area (Å²) < 4.78 is 11.6. The fraction of sp³-hybridized carbons (Fsp3) is 0.125. The van der Waals surface area contributed by atoms with Gasteiger partial charge in [0.2, 0.25) is 0 Å². The molecule has 2 N–H and O–H groups in total. The van der Waals surface area contributed by atoms with E-state index in [1.807, 2.05) is 42.5 Å². The summed E-state index contributed by atoms with van der Waals surface area (Å²) in [6.07, 6.45) is 1.67. The molecule has 0 spiro atoms. The van der Waals surface area contributed by atoms with Crippen molar-refractivity contribution in [3.8, 4) is 11.5 Å². The lowest BCUT2D eigenvalue weighted by atomic mass is 10.2. The number of halogens is 1. The summed E-state index contributed by atoms with van der Waals surface area (Å²) in [5.74, 6) is 1.37. The molecule has 0 aromatic heterocycles. The molecule has 0 saturated heterocycles. The summed E-state index contributed by atoms with van der Waals surface area (Å²) in [7, 11) is 3.22. The number of benzene rings is 2. The van der Waals surface area contributed by atoms with E-state index >= 15 is 0 Å². The van der Waals surface area contributed by atoms with Gasteiger partial charge in [0.05, 0.1) is 24.0 Å². The van der Waals surface area contributed by atoms with Gasteiger partial charge in [0, 0.05) is 5.69 Å². The van der Waals surface area contributed by atoms with Gasteiger partial charge in [-0.15, -0.1) is 0 Å². The quantitative estimate of drug-likeness (QED) is 0.321. The lowest BCUT2D eigenvalue weighted by molar-refractivity contribution is 0.353. The van der Waals surface area contributed by atoms with Gasteiger partial charge in [-0.3, -0.25) is 5.43 Å². The Hall–Kier alpha value is -1.87. The summed E-state index contributed by atoms with van der Waals surface area (Å²) in [4.78, 5) is 0. The van der Waals surface area contributed by atoms with Crippen LogP contribution in [0.15, 0.2) is 47.6 Å². The second kappa shape index (κ2) is 8.68. The largest absolute Gasteiger partial charge is 0.493 e. The highest BCUT2D eigenvalue weighted by Gasteiger charge is 2.09. The third-order valence-electron chi connectivity index (χ3n) is 2.87. The van der Waals surface area contributed by atoms with Crippen molar-refractivity contribution in [2.24, 2.45) is 5.10 Å². The number of nitrogens with one attached hydrogen (secondary N) is 2. The molecule has 120 valence electrons. The number of hydrogen-bond acceptors (Lipinski definition) is 4. The predicted octanol–water partition coefficient (Wildman–Crippen LogP) is 3.63. The molecule has 0 bridgehead atoms. The molecule has 5 nitrogen and oxygen atoms in total. The van der Waals surface area contributed by atoms with Crippen molar-refractivity contribution >= 4 is 51.8 Å². The lowest BCUT2D eigenvalue weighted by Gasteiger charge is -2.10. The number of rotatable bonds is 5. The van der Waals surface area contributed by atoms with Crippen LogP contribution in [0.2, 0.25) is 0 Å². The Morgan fingerprint density at radius 3 is 2.57 bits per heavy atom. The van der Waals surface area contributed by atoms with Crippen LogP contribution in [0.5, 0.6) is 11.5 Å². The Kier molecular flexibility index (Phi) is 6.60. The van der Waals surface area contributed by atoms with E-state index in [9.17, 15) is 0 Å². The fourth-order valence-electron chi connectivity index (χ4n) is 1.86. The van der Waals surface area contributed by atoms with Crippen molar-refractivity contribution in [1.29, 1.82) is 0 Å². The van der Waals surface area contributed by atoms with Gasteiger partial charge in [-0.1, -0.05) is 18.2 Å². The summed E-state index contributed by atoms with van der Waals surface area (Å²) in [6, 6.07) is 13.4. The fourth-order valence-corrected chi connectivity index (χ4v) is 2.87. The number of hydrogen-bond donors (Lipinski definition) is 2. The first kappa shape index (κ1) is 17.5. The minimum Gasteiger partial charge on any atom is -0.493 e. The van der Waals surface area contributed by atoms with Gasteiger partial charge in [0.15, 0.2) is 16.6 Å². The zero-order valence-electron chi connectivity index (χ0n) is 12.7. The van der Waals surface area contributed by atoms with Crippen LogP contribution in [-0.4, -0.2) is 25.5 Å². The molecule has 0 aliphatic rings.